The van der Waals surface area contributed by atoms with Crippen molar-refractivity contribution in [1.82, 2.24) is 0 Å². The molecule has 1 unspecified atom stereocenters. The third kappa shape index (κ3) is 4.03. The van der Waals surface area contributed by atoms with E-state index in [-0.39, 0.29) is 24.3 Å². The van der Waals surface area contributed by atoms with E-state index in [1.807, 2.05) is 0 Å². The van der Waals surface area contributed by atoms with Crippen LogP contribution in [0.2, 0.25) is 0 Å². The highest BCUT2D eigenvalue weighted by atomic mass is 19.4. The van der Waals surface area contributed by atoms with Gasteiger partial charge in [-0.05, 0) is 54.8 Å². The van der Waals surface area contributed by atoms with Crippen molar-refractivity contribution in [3.8, 4) is 0 Å². The van der Waals surface area contributed by atoms with E-state index in [0.29, 0.717) is 29.7 Å². The first-order valence-corrected chi connectivity index (χ1v) is 9.90. The summed E-state index contributed by atoms with van der Waals surface area (Å²) >= 11 is 0. The highest BCUT2D eigenvalue weighted by molar-refractivity contribution is 6.07. The van der Waals surface area contributed by atoms with Crippen molar-refractivity contribution in [3.05, 3.63) is 76.5 Å². The molecule has 1 aliphatic carbocycles. The van der Waals surface area contributed by atoms with Gasteiger partial charge in [-0.3, -0.25) is 14.5 Å². The SMILES string of the molecule is O=C1CCCC2=C1C(c1ccc(C(F)(F)F)cc1)CC(=O)N2c1ccc(C(F)(F)F)cc1. The summed E-state index contributed by atoms with van der Waals surface area (Å²) in [6.45, 7) is 0. The van der Waals surface area contributed by atoms with Gasteiger partial charge in [0.15, 0.2) is 5.78 Å². The molecule has 1 aliphatic heterocycles. The van der Waals surface area contributed by atoms with Crippen LogP contribution in [-0.2, 0) is 21.9 Å². The van der Waals surface area contributed by atoms with Gasteiger partial charge in [-0.15, -0.1) is 0 Å². The number of ketones is 1. The summed E-state index contributed by atoms with van der Waals surface area (Å²) in [7, 11) is 0. The minimum Gasteiger partial charge on any atom is -0.294 e. The summed E-state index contributed by atoms with van der Waals surface area (Å²) in [4.78, 5) is 27.1. The van der Waals surface area contributed by atoms with E-state index >= 15 is 0 Å². The smallest absolute Gasteiger partial charge is 0.294 e. The molecule has 0 N–H and O–H groups in total. The van der Waals surface area contributed by atoms with Crippen LogP contribution in [0.4, 0.5) is 32.0 Å². The lowest BCUT2D eigenvalue weighted by Gasteiger charge is -2.38. The Balaban J connectivity index is 1.76. The molecule has 1 amide bonds. The molecule has 3 nitrogen and oxygen atoms in total. The van der Waals surface area contributed by atoms with Crippen LogP contribution in [0.5, 0.6) is 0 Å². The number of carbonyl (C=O) groups excluding carboxylic acids is 2. The Hall–Kier alpha value is -3.10. The minimum absolute atomic E-state index is 0.170. The average Bonchev–Trinajstić information content (AvgIpc) is 2.72. The van der Waals surface area contributed by atoms with Gasteiger partial charge in [0.2, 0.25) is 5.91 Å². The maximum absolute atomic E-state index is 13.0. The van der Waals surface area contributed by atoms with Gasteiger partial charge in [0.05, 0.1) is 11.1 Å². The number of anilines is 1. The zero-order valence-electron chi connectivity index (χ0n) is 16.6. The van der Waals surface area contributed by atoms with E-state index in [4.69, 9.17) is 0 Å². The fraction of sp³-hybridized carbons (Fsp3) is 0.304. The summed E-state index contributed by atoms with van der Waals surface area (Å²) in [5.41, 5.74) is -0.309. The van der Waals surface area contributed by atoms with Crippen LogP contribution < -0.4 is 4.90 Å². The van der Waals surface area contributed by atoms with Gasteiger partial charge < -0.3 is 0 Å². The van der Waals surface area contributed by atoms with Crippen molar-refractivity contribution in [3.63, 3.8) is 0 Å². The molecule has 0 saturated carbocycles. The molecule has 168 valence electrons. The summed E-state index contributed by atoms with van der Waals surface area (Å²) in [6, 6.07) is 8.46. The second-order valence-corrected chi connectivity index (χ2v) is 7.79. The van der Waals surface area contributed by atoms with Gasteiger partial charge in [0, 0.05) is 35.7 Å². The summed E-state index contributed by atoms with van der Waals surface area (Å²) in [5, 5.41) is 0. The number of hydrogen-bond donors (Lipinski definition) is 0. The molecule has 2 aliphatic rings. The van der Waals surface area contributed by atoms with E-state index in [1.165, 1.54) is 29.2 Å². The predicted octanol–water partition coefficient (Wildman–Crippen LogP) is 6.25. The Bertz CT molecular complexity index is 1080. The Kier molecular flexibility index (Phi) is 5.38. The van der Waals surface area contributed by atoms with Crippen molar-refractivity contribution in [2.24, 2.45) is 0 Å². The van der Waals surface area contributed by atoms with Gasteiger partial charge >= 0.3 is 12.4 Å². The lowest BCUT2D eigenvalue weighted by Crippen LogP contribution is -2.40. The molecule has 0 spiro atoms. The molecule has 0 radical (unpaired) electrons. The molecule has 0 bridgehead atoms. The average molecular weight is 453 g/mol. The molecule has 0 fully saturated rings. The fourth-order valence-electron chi connectivity index (χ4n) is 4.28. The van der Waals surface area contributed by atoms with E-state index < -0.39 is 35.3 Å². The molecule has 0 aromatic heterocycles. The van der Waals surface area contributed by atoms with Crippen LogP contribution in [0.1, 0.15) is 48.3 Å². The third-order valence-corrected chi connectivity index (χ3v) is 5.77. The van der Waals surface area contributed by atoms with Crippen molar-refractivity contribution >= 4 is 17.4 Å². The maximum atomic E-state index is 13.0. The zero-order valence-corrected chi connectivity index (χ0v) is 16.6. The topological polar surface area (TPSA) is 37.4 Å². The number of alkyl halides is 6. The number of Topliss-reactive ketones (excluding diaryl/α,β-unsaturated/α-hetero) is 1. The molecule has 2 aromatic carbocycles. The normalized spacial score (nSPS) is 19.9. The summed E-state index contributed by atoms with van der Waals surface area (Å²) in [5.74, 6) is -1.33. The molecule has 4 rings (SSSR count). The van der Waals surface area contributed by atoms with Crippen LogP contribution in [0, 0.1) is 0 Å². The third-order valence-electron chi connectivity index (χ3n) is 5.77. The number of allylic oxidation sites excluding steroid dienone is 2. The van der Waals surface area contributed by atoms with Gasteiger partial charge in [0.25, 0.3) is 0 Å². The van der Waals surface area contributed by atoms with Gasteiger partial charge in [-0.25, -0.2) is 0 Å². The summed E-state index contributed by atoms with van der Waals surface area (Å²) in [6.07, 6.45) is -8.12. The Labute approximate surface area is 179 Å². The van der Waals surface area contributed by atoms with E-state index in [2.05, 4.69) is 0 Å². The lowest BCUT2D eigenvalue weighted by atomic mass is 9.77. The van der Waals surface area contributed by atoms with Crippen LogP contribution >= 0.6 is 0 Å². The molecular weight excluding hydrogens is 436 g/mol. The number of benzene rings is 2. The molecule has 0 saturated heterocycles. The van der Waals surface area contributed by atoms with Crippen molar-refractivity contribution in [2.45, 2.75) is 44.0 Å². The molecule has 9 heteroatoms. The lowest BCUT2D eigenvalue weighted by molar-refractivity contribution is -0.138. The van der Waals surface area contributed by atoms with Crippen LogP contribution in [0.3, 0.4) is 0 Å². The monoisotopic (exact) mass is 453 g/mol. The molecular formula is C23H17F6NO2. The maximum Gasteiger partial charge on any atom is 0.416 e. The number of amides is 1. The molecule has 1 heterocycles. The van der Waals surface area contributed by atoms with E-state index in [1.54, 1.807) is 0 Å². The number of halogens is 6. The minimum atomic E-state index is -4.52. The first-order valence-electron chi connectivity index (χ1n) is 9.90. The largest absolute Gasteiger partial charge is 0.416 e. The Morgan fingerprint density at radius 1 is 0.750 bits per heavy atom. The van der Waals surface area contributed by atoms with Crippen molar-refractivity contribution in [2.75, 3.05) is 4.90 Å². The van der Waals surface area contributed by atoms with Crippen molar-refractivity contribution < 1.29 is 35.9 Å². The standard InChI is InChI=1S/C23H17F6NO2/c24-22(25,26)14-6-4-13(5-7-14)17-12-20(32)30(18-2-1-3-19(31)21(17)18)16-10-8-15(9-11-16)23(27,28)29/h4-11,17H,1-3,12H2. The van der Waals surface area contributed by atoms with E-state index in [9.17, 15) is 35.9 Å². The number of rotatable bonds is 2. The van der Waals surface area contributed by atoms with Gasteiger partial charge in [-0.1, -0.05) is 12.1 Å². The number of carbonyl (C=O) groups is 2. The first-order chi connectivity index (χ1) is 15.0. The second-order valence-electron chi connectivity index (χ2n) is 7.79. The quantitative estimate of drug-likeness (QED) is 0.504. The highest BCUT2D eigenvalue weighted by Crippen LogP contribution is 2.44. The van der Waals surface area contributed by atoms with Crippen LogP contribution in [0.25, 0.3) is 0 Å². The molecule has 2 aromatic rings. The number of nitrogens with zero attached hydrogens (tertiary/aromatic N) is 1. The second kappa shape index (κ2) is 7.79. The molecule has 1 atom stereocenters. The number of hydrogen-bond acceptors (Lipinski definition) is 2. The van der Waals surface area contributed by atoms with Crippen LogP contribution in [0.15, 0.2) is 59.8 Å². The molecule has 32 heavy (non-hydrogen) atoms. The fourth-order valence-corrected chi connectivity index (χ4v) is 4.28. The van der Waals surface area contributed by atoms with E-state index in [0.717, 1.165) is 24.3 Å². The Morgan fingerprint density at radius 3 is 1.81 bits per heavy atom. The van der Waals surface area contributed by atoms with Crippen LogP contribution in [-0.4, -0.2) is 11.7 Å². The first kappa shape index (κ1) is 22.1. The predicted molar refractivity (Wildman–Crippen MR) is 104 cm³/mol. The highest BCUT2D eigenvalue weighted by Gasteiger charge is 2.40. The van der Waals surface area contributed by atoms with Gasteiger partial charge in [-0.2, -0.15) is 26.3 Å². The van der Waals surface area contributed by atoms with Gasteiger partial charge in [0.1, 0.15) is 0 Å². The van der Waals surface area contributed by atoms with Crippen molar-refractivity contribution in [1.29, 1.82) is 0 Å². The summed E-state index contributed by atoms with van der Waals surface area (Å²) < 4.78 is 77.4. The Morgan fingerprint density at radius 2 is 1.28 bits per heavy atom. The zero-order chi connectivity index (χ0) is 23.3.